The van der Waals surface area contributed by atoms with Crippen molar-refractivity contribution in [1.82, 2.24) is 4.72 Å². The SMILES string of the molecule is Cc1ccc(Br)c(S(=O)(=O)NCC(C)(C)N)c1.Cl. The molecule has 1 aromatic carbocycles. The van der Waals surface area contributed by atoms with Crippen molar-refractivity contribution in [3.8, 4) is 0 Å². The van der Waals surface area contributed by atoms with Crippen molar-refractivity contribution in [3.05, 3.63) is 28.2 Å². The Kier molecular flexibility index (Phi) is 6.29. The van der Waals surface area contributed by atoms with Gasteiger partial charge in [0, 0.05) is 16.6 Å². The van der Waals surface area contributed by atoms with Gasteiger partial charge in [0.25, 0.3) is 0 Å². The van der Waals surface area contributed by atoms with Gasteiger partial charge in [0.05, 0.1) is 4.90 Å². The molecule has 0 aliphatic rings. The fraction of sp³-hybridized carbons (Fsp3) is 0.455. The first-order chi connectivity index (χ1) is 7.62. The van der Waals surface area contributed by atoms with Gasteiger partial charge < -0.3 is 5.73 Å². The van der Waals surface area contributed by atoms with Crippen molar-refractivity contribution in [2.24, 2.45) is 5.73 Å². The quantitative estimate of drug-likeness (QED) is 0.867. The molecule has 0 atom stereocenters. The maximum atomic E-state index is 12.1. The standard InChI is InChI=1S/C11H17BrN2O2S.ClH/c1-8-4-5-9(12)10(6-8)17(15,16)14-7-11(2,3)13;/h4-6,14H,7,13H2,1-3H3;1H. The molecule has 0 fully saturated rings. The van der Waals surface area contributed by atoms with Crippen LogP contribution < -0.4 is 10.5 Å². The van der Waals surface area contributed by atoms with Crippen molar-refractivity contribution in [3.63, 3.8) is 0 Å². The molecule has 0 saturated carbocycles. The highest BCUT2D eigenvalue weighted by Gasteiger charge is 2.20. The number of rotatable bonds is 4. The van der Waals surface area contributed by atoms with Gasteiger partial charge in [-0.1, -0.05) is 6.07 Å². The molecular weight excluding hydrogens is 340 g/mol. The van der Waals surface area contributed by atoms with Crippen molar-refractivity contribution in [1.29, 1.82) is 0 Å². The monoisotopic (exact) mass is 356 g/mol. The Morgan fingerprint density at radius 3 is 2.44 bits per heavy atom. The normalized spacial score (nSPS) is 12.1. The van der Waals surface area contributed by atoms with Crippen LogP contribution in [-0.2, 0) is 10.0 Å². The average Bonchev–Trinajstić information content (AvgIpc) is 2.18. The highest BCUT2D eigenvalue weighted by atomic mass is 79.9. The Bertz CT molecular complexity index is 512. The van der Waals surface area contributed by atoms with E-state index in [1.807, 2.05) is 13.0 Å². The van der Waals surface area contributed by atoms with Crippen LogP contribution in [0, 0.1) is 6.92 Å². The molecule has 7 heteroatoms. The lowest BCUT2D eigenvalue weighted by atomic mass is 10.1. The predicted octanol–water partition coefficient (Wildman–Crippen LogP) is 2.19. The first kappa shape index (κ1) is 17.9. The Labute approximate surface area is 123 Å². The molecule has 0 spiro atoms. The highest BCUT2D eigenvalue weighted by molar-refractivity contribution is 9.10. The van der Waals surface area contributed by atoms with Gasteiger partial charge in [0.15, 0.2) is 0 Å². The number of nitrogens with two attached hydrogens (primary N) is 1. The van der Waals surface area contributed by atoms with Crippen molar-refractivity contribution in [2.75, 3.05) is 6.54 Å². The van der Waals surface area contributed by atoms with E-state index in [1.165, 1.54) is 0 Å². The fourth-order valence-electron chi connectivity index (χ4n) is 1.18. The van der Waals surface area contributed by atoms with Crippen LogP contribution in [0.5, 0.6) is 0 Å². The van der Waals surface area contributed by atoms with Crippen LogP contribution in [0.3, 0.4) is 0 Å². The van der Waals surface area contributed by atoms with Crippen LogP contribution in [0.4, 0.5) is 0 Å². The summed E-state index contributed by atoms with van der Waals surface area (Å²) >= 11 is 3.24. The summed E-state index contributed by atoms with van der Waals surface area (Å²) in [5.41, 5.74) is 6.06. The van der Waals surface area contributed by atoms with E-state index in [0.717, 1.165) is 5.56 Å². The number of nitrogens with one attached hydrogen (secondary N) is 1. The Hall–Kier alpha value is -0.140. The average molecular weight is 358 g/mol. The van der Waals surface area contributed by atoms with Gasteiger partial charge in [0.2, 0.25) is 10.0 Å². The number of benzene rings is 1. The molecule has 0 radical (unpaired) electrons. The lowest BCUT2D eigenvalue weighted by Gasteiger charge is -2.19. The van der Waals surface area contributed by atoms with Crippen LogP contribution in [0.15, 0.2) is 27.6 Å². The van der Waals surface area contributed by atoms with Crippen LogP contribution in [0.25, 0.3) is 0 Å². The zero-order valence-corrected chi connectivity index (χ0v) is 13.7. The van der Waals surface area contributed by atoms with Gasteiger partial charge in [-0.05, 0) is 54.4 Å². The van der Waals surface area contributed by atoms with Crippen molar-refractivity contribution < 1.29 is 8.42 Å². The zero-order valence-electron chi connectivity index (χ0n) is 10.5. The van der Waals surface area contributed by atoms with Gasteiger partial charge in [-0.25, -0.2) is 13.1 Å². The number of hydrogen-bond acceptors (Lipinski definition) is 3. The summed E-state index contributed by atoms with van der Waals surface area (Å²) in [7, 11) is -3.52. The van der Waals surface area contributed by atoms with Gasteiger partial charge in [-0.2, -0.15) is 0 Å². The molecule has 0 aliphatic carbocycles. The molecule has 0 aromatic heterocycles. The second-order valence-corrected chi connectivity index (χ2v) is 7.34. The summed E-state index contributed by atoms with van der Waals surface area (Å²) in [5, 5.41) is 0. The number of aryl methyl sites for hydroxylation is 1. The van der Waals surface area contributed by atoms with E-state index in [-0.39, 0.29) is 23.8 Å². The summed E-state index contributed by atoms with van der Waals surface area (Å²) in [4.78, 5) is 0.238. The van der Waals surface area contributed by atoms with E-state index in [0.29, 0.717) is 4.47 Å². The molecule has 0 bridgehead atoms. The topological polar surface area (TPSA) is 72.2 Å². The fourth-order valence-corrected chi connectivity index (χ4v) is 3.44. The smallest absolute Gasteiger partial charge is 0.241 e. The van der Waals surface area contributed by atoms with E-state index in [2.05, 4.69) is 20.7 Å². The van der Waals surface area contributed by atoms with Crippen molar-refractivity contribution in [2.45, 2.75) is 31.2 Å². The van der Waals surface area contributed by atoms with Gasteiger partial charge in [-0.3, -0.25) is 0 Å². The lowest BCUT2D eigenvalue weighted by molar-refractivity contribution is 0.497. The Balaban J connectivity index is 0.00000289. The molecule has 18 heavy (non-hydrogen) atoms. The molecule has 1 aromatic rings. The third kappa shape index (κ3) is 5.24. The second-order valence-electron chi connectivity index (χ2n) is 4.75. The lowest BCUT2D eigenvalue weighted by Crippen LogP contribution is -2.45. The highest BCUT2D eigenvalue weighted by Crippen LogP contribution is 2.22. The molecular formula is C11H18BrClN2O2S. The van der Waals surface area contributed by atoms with E-state index >= 15 is 0 Å². The molecule has 0 saturated heterocycles. The largest absolute Gasteiger partial charge is 0.324 e. The van der Waals surface area contributed by atoms with Gasteiger partial charge in [-0.15, -0.1) is 12.4 Å². The summed E-state index contributed by atoms with van der Waals surface area (Å²) < 4.78 is 27.2. The third-order valence-electron chi connectivity index (χ3n) is 2.09. The predicted molar refractivity (Wildman–Crippen MR) is 79.6 cm³/mol. The van der Waals surface area contributed by atoms with E-state index in [1.54, 1.807) is 26.0 Å². The van der Waals surface area contributed by atoms with Crippen molar-refractivity contribution >= 4 is 38.4 Å². The molecule has 104 valence electrons. The maximum Gasteiger partial charge on any atom is 0.241 e. The molecule has 0 amide bonds. The molecule has 0 aliphatic heterocycles. The summed E-state index contributed by atoms with van der Waals surface area (Å²) in [5.74, 6) is 0. The molecule has 4 nitrogen and oxygen atoms in total. The van der Waals surface area contributed by atoms with E-state index in [9.17, 15) is 8.42 Å². The van der Waals surface area contributed by atoms with Crippen LogP contribution in [0.1, 0.15) is 19.4 Å². The number of halogens is 2. The first-order valence-electron chi connectivity index (χ1n) is 5.16. The summed E-state index contributed by atoms with van der Waals surface area (Å²) in [6, 6.07) is 5.18. The van der Waals surface area contributed by atoms with Crippen LogP contribution in [0.2, 0.25) is 0 Å². The van der Waals surface area contributed by atoms with Crippen LogP contribution in [-0.4, -0.2) is 20.5 Å². The van der Waals surface area contributed by atoms with E-state index in [4.69, 9.17) is 5.73 Å². The molecule has 3 N–H and O–H groups in total. The van der Waals surface area contributed by atoms with Crippen LogP contribution >= 0.6 is 28.3 Å². The molecule has 0 unspecified atom stereocenters. The number of hydrogen-bond donors (Lipinski definition) is 2. The Morgan fingerprint density at radius 2 is 1.94 bits per heavy atom. The summed E-state index contributed by atoms with van der Waals surface area (Å²) in [6.45, 7) is 5.57. The van der Waals surface area contributed by atoms with E-state index < -0.39 is 15.6 Å². The second kappa shape index (κ2) is 6.34. The third-order valence-corrected chi connectivity index (χ3v) is 4.49. The minimum absolute atomic E-state index is 0. The Morgan fingerprint density at radius 1 is 1.39 bits per heavy atom. The molecule has 1 rings (SSSR count). The first-order valence-corrected chi connectivity index (χ1v) is 7.44. The summed E-state index contributed by atoms with van der Waals surface area (Å²) in [6.07, 6.45) is 0. The number of sulfonamides is 1. The van der Waals surface area contributed by atoms with Gasteiger partial charge >= 0.3 is 0 Å². The maximum absolute atomic E-state index is 12.1. The zero-order chi connectivity index (χ0) is 13.3. The minimum atomic E-state index is -3.52. The molecule has 0 heterocycles. The minimum Gasteiger partial charge on any atom is -0.324 e. The van der Waals surface area contributed by atoms with Gasteiger partial charge in [0.1, 0.15) is 0 Å².